The number of halogens is 1. The van der Waals surface area contributed by atoms with Crippen LogP contribution >= 0.6 is 23.8 Å². The number of amides is 1. The van der Waals surface area contributed by atoms with Gasteiger partial charge in [-0.15, -0.1) is 0 Å². The van der Waals surface area contributed by atoms with Crippen molar-refractivity contribution in [3.05, 3.63) is 82.4 Å². The van der Waals surface area contributed by atoms with E-state index in [0.717, 1.165) is 28.1 Å². The molecule has 3 aromatic carbocycles. The number of carbonyl (C=O) groups is 1. The van der Waals surface area contributed by atoms with Gasteiger partial charge in [0, 0.05) is 22.0 Å². The van der Waals surface area contributed by atoms with Crippen molar-refractivity contribution in [1.82, 2.24) is 5.32 Å². The summed E-state index contributed by atoms with van der Waals surface area (Å²) in [6.07, 6.45) is 0. The quantitative estimate of drug-likeness (QED) is 0.437. The third-order valence-corrected chi connectivity index (χ3v) is 7.27. The van der Waals surface area contributed by atoms with Gasteiger partial charge in [-0.2, -0.15) is 0 Å². The molecule has 0 saturated carbocycles. The molecule has 2 bridgehead atoms. The monoisotopic (exact) mass is 507 g/mol. The SMILES string of the molecule is COc1cccc2c1O[C@]1(C)[C@H](C(=O)Nc3ccc(C)cc3C)[C@@H]2NC(=S)N1c1ccc(Cl)cc1. The molecule has 1 saturated heterocycles. The van der Waals surface area contributed by atoms with Crippen LogP contribution in [0.5, 0.6) is 11.5 Å². The number of nitrogens with zero attached hydrogens (tertiary/aromatic N) is 1. The third kappa shape index (κ3) is 3.89. The molecule has 0 spiro atoms. The lowest BCUT2D eigenvalue weighted by Gasteiger charge is -2.56. The first-order chi connectivity index (χ1) is 16.7. The van der Waals surface area contributed by atoms with E-state index in [1.807, 2.05) is 74.2 Å². The number of anilines is 2. The second-order valence-electron chi connectivity index (χ2n) is 9.06. The van der Waals surface area contributed by atoms with Crippen LogP contribution in [-0.2, 0) is 4.79 Å². The summed E-state index contributed by atoms with van der Waals surface area (Å²) in [5, 5.41) is 7.61. The van der Waals surface area contributed by atoms with Crippen molar-refractivity contribution in [1.29, 1.82) is 0 Å². The Balaban J connectivity index is 1.64. The number of aryl methyl sites for hydroxylation is 2. The molecule has 2 aliphatic heterocycles. The van der Waals surface area contributed by atoms with Crippen LogP contribution in [0.4, 0.5) is 11.4 Å². The van der Waals surface area contributed by atoms with Crippen LogP contribution in [0.15, 0.2) is 60.7 Å². The molecule has 2 N–H and O–H groups in total. The molecule has 35 heavy (non-hydrogen) atoms. The summed E-state index contributed by atoms with van der Waals surface area (Å²) >= 11 is 12.0. The Morgan fingerprint density at radius 3 is 2.60 bits per heavy atom. The number of carbonyl (C=O) groups excluding carboxylic acids is 1. The van der Waals surface area contributed by atoms with Gasteiger partial charge in [0.05, 0.1) is 13.2 Å². The molecule has 180 valence electrons. The van der Waals surface area contributed by atoms with Gasteiger partial charge in [-0.3, -0.25) is 9.69 Å². The molecule has 5 rings (SSSR count). The van der Waals surface area contributed by atoms with Gasteiger partial charge in [0.15, 0.2) is 22.3 Å². The first kappa shape index (κ1) is 23.5. The second-order valence-corrected chi connectivity index (χ2v) is 9.88. The zero-order valence-corrected chi connectivity index (χ0v) is 21.5. The predicted molar refractivity (Wildman–Crippen MR) is 142 cm³/mol. The van der Waals surface area contributed by atoms with Crippen LogP contribution in [0.1, 0.15) is 29.7 Å². The molecule has 6 nitrogen and oxygen atoms in total. The molecular formula is C27H26ClN3O3S. The Morgan fingerprint density at radius 2 is 1.91 bits per heavy atom. The maximum absolute atomic E-state index is 14.0. The summed E-state index contributed by atoms with van der Waals surface area (Å²) < 4.78 is 12.3. The smallest absolute Gasteiger partial charge is 0.236 e. The van der Waals surface area contributed by atoms with Gasteiger partial charge < -0.3 is 20.1 Å². The lowest BCUT2D eigenvalue weighted by atomic mass is 9.78. The number of hydrogen-bond acceptors (Lipinski definition) is 4. The molecule has 3 atom stereocenters. The van der Waals surface area contributed by atoms with Crippen LogP contribution in [0.3, 0.4) is 0 Å². The maximum Gasteiger partial charge on any atom is 0.236 e. The minimum absolute atomic E-state index is 0.174. The van der Waals surface area contributed by atoms with Crippen molar-refractivity contribution < 1.29 is 14.3 Å². The molecule has 2 heterocycles. The van der Waals surface area contributed by atoms with Crippen LogP contribution in [0.2, 0.25) is 5.02 Å². The molecule has 1 fully saturated rings. The summed E-state index contributed by atoms with van der Waals surface area (Å²) in [5.74, 6) is 0.363. The number of hydrogen-bond donors (Lipinski definition) is 2. The Kier molecular flexibility index (Phi) is 5.85. The molecular weight excluding hydrogens is 482 g/mol. The van der Waals surface area contributed by atoms with Crippen molar-refractivity contribution in [2.24, 2.45) is 5.92 Å². The molecule has 2 aliphatic rings. The number of nitrogens with one attached hydrogen (secondary N) is 2. The summed E-state index contributed by atoms with van der Waals surface area (Å²) in [5.41, 5.74) is 3.32. The minimum Gasteiger partial charge on any atom is -0.493 e. The fourth-order valence-corrected chi connectivity index (χ4v) is 5.61. The molecule has 0 aromatic heterocycles. The highest BCUT2D eigenvalue weighted by Crippen LogP contribution is 2.52. The lowest BCUT2D eigenvalue weighted by Crippen LogP contribution is -2.72. The van der Waals surface area contributed by atoms with Crippen LogP contribution < -0.4 is 25.0 Å². The highest BCUT2D eigenvalue weighted by atomic mass is 35.5. The predicted octanol–water partition coefficient (Wildman–Crippen LogP) is 5.76. The van der Waals surface area contributed by atoms with E-state index in [9.17, 15) is 4.79 Å². The number of thiocarbonyl (C=S) groups is 1. The fourth-order valence-electron chi connectivity index (χ4n) is 5.07. The molecule has 1 amide bonds. The van der Waals surface area contributed by atoms with E-state index in [1.165, 1.54) is 0 Å². The molecule has 0 radical (unpaired) electrons. The summed E-state index contributed by atoms with van der Waals surface area (Å²) in [6.45, 7) is 5.90. The van der Waals surface area contributed by atoms with Gasteiger partial charge in [0.2, 0.25) is 5.91 Å². The van der Waals surface area contributed by atoms with E-state index in [1.54, 1.807) is 19.2 Å². The average Bonchev–Trinajstić information content (AvgIpc) is 2.81. The van der Waals surface area contributed by atoms with Gasteiger partial charge in [0.25, 0.3) is 0 Å². The van der Waals surface area contributed by atoms with E-state index < -0.39 is 17.7 Å². The Hall–Kier alpha value is -3.29. The van der Waals surface area contributed by atoms with Crippen molar-refractivity contribution in [2.75, 3.05) is 17.3 Å². The Labute approximate surface area is 215 Å². The largest absolute Gasteiger partial charge is 0.493 e. The summed E-state index contributed by atoms with van der Waals surface area (Å²) in [6, 6.07) is 18.5. The summed E-state index contributed by atoms with van der Waals surface area (Å²) in [7, 11) is 1.60. The first-order valence-corrected chi connectivity index (χ1v) is 12.1. The van der Waals surface area contributed by atoms with Gasteiger partial charge in [-0.25, -0.2) is 0 Å². The van der Waals surface area contributed by atoms with Crippen LogP contribution in [0, 0.1) is 19.8 Å². The van der Waals surface area contributed by atoms with E-state index in [4.69, 9.17) is 33.3 Å². The minimum atomic E-state index is -1.15. The standard InChI is InChI=1S/C27H26ClN3O3S/c1-15-8-13-20(16(2)14-15)29-25(32)22-23-19-6-5-7-21(33-4)24(19)34-27(22,3)31(26(35)30-23)18-11-9-17(28)10-12-18/h5-14,22-23H,1-4H3,(H,29,32)(H,30,35)/t22-,23+,27+/m0/s1. The van der Waals surface area contributed by atoms with Crippen molar-refractivity contribution >= 4 is 46.2 Å². The molecule has 0 aliphatic carbocycles. The number of ether oxygens (including phenoxy) is 2. The Morgan fingerprint density at radius 1 is 1.17 bits per heavy atom. The Bertz CT molecular complexity index is 1330. The van der Waals surface area contributed by atoms with Gasteiger partial charge >= 0.3 is 0 Å². The molecule has 0 unspecified atom stereocenters. The fraction of sp³-hybridized carbons (Fsp3) is 0.259. The number of methoxy groups -OCH3 is 1. The number of rotatable bonds is 4. The number of fused-ring (bicyclic) bond motifs is 4. The first-order valence-electron chi connectivity index (χ1n) is 11.3. The topological polar surface area (TPSA) is 62.8 Å². The van der Waals surface area contributed by atoms with Crippen LogP contribution in [-0.4, -0.2) is 23.9 Å². The zero-order valence-electron chi connectivity index (χ0n) is 19.9. The molecule has 8 heteroatoms. The van der Waals surface area contributed by atoms with Gasteiger partial charge in [-0.05, 0) is 75.0 Å². The highest BCUT2D eigenvalue weighted by molar-refractivity contribution is 7.80. The van der Waals surface area contributed by atoms with E-state index in [2.05, 4.69) is 10.6 Å². The highest BCUT2D eigenvalue weighted by Gasteiger charge is 2.59. The normalized spacial score (nSPS) is 22.5. The summed E-state index contributed by atoms with van der Waals surface area (Å²) in [4.78, 5) is 15.8. The average molecular weight is 508 g/mol. The second kappa shape index (κ2) is 8.73. The van der Waals surface area contributed by atoms with Crippen molar-refractivity contribution in [3.8, 4) is 11.5 Å². The van der Waals surface area contributed by atoms with E-state index in [0.29, 0.717) is 21.6 Å². The number of benzene rings is 3. The third-order valence-electron chi connectivity index (χ3n) is 6.72. The zero-order chi connectivity index (χ0) is 24.9. The van der Waals surface area contributed by atoms with Crippen LogP contribution in [0.25, 0.3) is 0 Å². The number of para-hydroxylation sites is 1. The lowest BCUT2D eigenvalue weighted by molar-refractivity contribution is -0.130. The van der Waals surface area contributed by atoms with Gasteiger partial charge in [-0.1, -0.05) is 41.4 Å². The van der Waals surface area contributed by atoms with E-state index >= 15 is 0 Å². The van der Waals surface area contributed by atoms with Crippen molar-refractivity contribution in [3.63, 3.8) is 0 Å². The molecule has 3 aromatic rings. The maximum atomic E-state index is 14.0. The van der Waals surface area contributed by atoms with Crippen molar-refractivity contribution in [2.45, 2.75) is 32.5 Å². The van der Waals surface area contributed by atoms with Gasteiger partial charge in [0.1, 0.15) is 5.92 Å². The van der Waals surface area contributed by atoms with E-state index in [-0.39, 0.29) is 5.91 Å².